The molecule has 4 heteroatoms. The summed E-state index contributed by atoms with van der Waals surface area (Å²) in [5.74, 6) is 1.33. The minimum absolute atomic E-state index is 0.528. The lowest BCUT2D eigenvalue weighted by molar-refractivity contribution is 0.456. The SMILES string of the molecule is CCNCc1cncc(Oc2cc(C)cc(C)c2)n1. The van der Waals surface area contributed by atoms with Gasteiger partial charge in [-0.3, -0.25) is 4.98 Å². The zero-order chi connectivity index (χ0) is 13.7. The van der Waals surface area contributed by atoms with Crippen LogP contribution >= 0.6 is 0 Å². The molecular weight excluding hydrogens is 238 g/mol. The van der Waals surface area contributed by atoms with Crippen LogP contribution in [0.4, 0.5) is 0 Å². The molecule has 1 aromatic carbocycles. The molecule has 0 unspecified atom stereocenters. The molecule has 0 saturated carbocycles. The summed E-state index contributed by atoms with van der Waals surface area (Å²) in [6, 6.07) is 6.09. The number of nitrogens with zero attached hydrogens (tertiary/aromatic N) is 2. The Balaban J connectivity index is 2.13. The van der Waals surface area contributed by atoms with Crippen LogP contribution in [0.2, 0.25) is 0 Å². The number of aromatic nitrogens is 2. The van der Waals surface area contributed by atoms with Crippen molar-refractivity contribution in [2.75, 3.05) is 6.54 Å². The quantitative estimate of drug-likeness (QED) is 0.894. The Morgan fingerprint density at radius 2 is 1.84 bits per heavy atom. The van der Waals surface area contributed by atoms with Gasteiger partial charge in [0.2, 0.25) is 5.88 Å². The molecule has 4 nitrogen and oxygen atoms in total. The highest BCUT2D eigenvalue weighted by molar-refractivity contribution is 5.35. The molecule has 0 aliphatic heterocycles. The van der Waals surface area contributed by atoms with Crippen molar-refractivity contribution in [2.45, 2.75) is 27.3 Å². The van der Waals surface area contributed by atoms with Crippen molar-refractivity contribution in [3.63, 3.8) is 0 Å². The molecule has 0 bridgehead atoms. The lowest BCUT2D eigenvalue weighted by atomic mass is 10.1. The summed E-state index contributed by atoms with van der Waals surface area (Å²) in [6.45, 7) is 7.76. The maximum atomic E-state index is 5.76. The summed E-state index contributed by atoms with van der Waals surface area (Å²) < 4.78 is 5.76. The lowest BCUT2D eigenvalue weighted by Crippen LogP contribution is -2.13. The molecule has 1 heterocycles. The third-order valence-corrected chi connectivity index (χ3v) is 2.64. The van der Waals surface area contributed by atoms with Crippen molar-refractivity contribution in [3.05, 3.63) is 47.4 Å². The maximum Gasteiger partial charge on any atom is 0.238 e. The van der Waals surface area contributed by atoms with Crippen LogP contribution in [0.3, 0.4) is 0 Å². The van der Waals surface area contributed by atoms with E-state index in [1.165, 1.54) is 11.1 Å². The standard InChI is InChI=1S/C15H19N3O/c1-4-16-8-13-9-17-10-15(18-13)19-14-6-11(2)5-12(3)7-14/h5-7,9-10,16H,4,8H2,1-3H3. The van der Waals surface area contributed by atoms with Gasteiger partial charge in [0.15, 0.2) is 0 Å². The Morgan fingerprint density at radius 3 is 2.53 bits per heavy atom. The zero-order valence-electron chi connectivity index (χ0n) is 11.6. The van der Waals surface area contributed by atoms with Crippen molar-refractivity contribution in [1.82, 2.24) is 15.3 Å². The van der Waals surface area contributed by atoms with Crippen molar-refractivity contribution < 1.29 is 4.74 Å². The van der Waals surface area contributed by atoms with Crippen LogP contribution in [0.15, 0.2) is 30.6 Å². The number of aryl methyl sites for hydroxylation is 2. The van der Waals surface area contributed by atoms with Crippen LogP contribution < -0.4 is 10.1 Å². The van der Waals surface area contributed by atoms with Gasteiger partial charge in [0.1, 0.15) is 5.75 Å². The van der Waals surface area contributed by atoms with E-state index >= 15 is 0 Å². The van der Waals surface area contributed by atoms with Crippen LogP contribution in [0, 0.1) is 13.8 Å². The van der Waals surface area contributed by atoms with Crippen LogP contribution in [0.5, 0.6) is 11.6 Å². The van der Waals surface area contributed by atoms with Gasteiger partial charge in [-0.2, -0.15) is 0 Å². The number of nitrogens with one attached hydrogen (secondary N) is 1. The first-order chi connectivity index (χ1) is 9.17. The first-order valence-corrected chi connectivity index (χ1v) is 6.45. The van der Waals surface area contributed by atoms with Gasteiger partial charge in [-0.15, -0.1) is 0 Å². The Kier molecular flexibility index (Phi) is 4.47. The largest absolute Gasteiger partial charge is 0.437 e. The summed E-state index contributed by atoms with van der Waals surface area (Å²) in [7, 11) is 0. The zero-order valence-corrected chi connectivity index (χ0v) is 11.6. The fraction of sp³-hybridized carbons (Fsp3) is 0.333. The van der Waals surface area contributed by atoms with Crippen molar-refractivity contribution in [3.8, 4) is 11.6 Å². The summed E-state index contributed by atoms with van der Waals surface area (Å²) in [4.78, 5) is 8.57. The summed E-state index contributed by atoms with van der Waals surface area (Å²) in [5.41, 5.74) is 3.22. The predicted octanol–water partition coefficient (Wildman–Crippen LogP) is 3.00. The number of hydrogen-bond donors (Lipinski definition) is 1. The first-order valence-electron chi connectivity index (χ1n) is 6.45. The highest BCUT2D eigenvalue weighted by Gasteiger charge is 2.03. The molecule has 19 heavy (non-hydrogen) atoms. The molecular formula is C15H19N3O. The van der Waals surface area contributed by atoms with E-state index < -0.39 is 0 Å². The molecule has 1 N–H and O–H groups in total. The average molecular weight is 257 g/mol. The molecule has 0 saturated heterocycles. The fourth-order valence-corrected chi connectivity index (χ4v) is 1.89. The summed E-state index contributed by atoms with van der Waals surface area (Å²) in [5, 5.41) is 3.22. The van der Waals surface area contributed by atoms with Crippen LogP contribution in [-0.4, -0.2) is 16.5 Å². The number of rotatable bonds is 5. The molecule has 0 spiro atoms. The lowest BCUT2D eigenvalue weighted by Gasteiger charge is -2.08. The van der Waals surface area contributed by atoms with E-state index in [0.29, 0.717) is 12.4 Å². The van der Waals surface area contributed by atoms with Gasteiger partial charge in [0.25, 0.3) is 0 Å². The Hall–Kier alpha value is -1.94. The minimum atomic E-state index is 0.528. The van der Waals surface area contributed by atoms with Crippen LogP contribution in [0.25, 0.3) is 0 Å². The summed E-state index contributed by atoms with van der Waals surface area (Å²) in [6.07, 6.45) is 3.38. The molecule has 0 radical (unpaired) electrons. The molecule has 0 atom stereocenters. The fourth-order valence-electron chi connectivity index (χ4n) is 1.89. The van der Waals surface area contributed by atoms with E-state index in [-0.39, 0.29) is 0 Å². The smallest absolute Gasteiger partial charge is 0.238 e. The van der Waals surface area contributed by atoms with Gasteiger partial charge in [-0.05, 0) is 43.7 Å². The van der Waals surface area contributed by atoms with Gasteiger partial charge >= 0.3 is 0 Å². The van der Waals surface area contributed by atoms with Crippen molar-refractivity contribution >= 4 is 0 Å². The van der Waals surface area contributed by atoms with Crippen molar-refractivity contribution in [1.29, 1.82) is 0 Å². The molecule has 0 aliphatic rings. The first kappa shape index (κ1) is 13.5. The van der Waals surface area contributed by atoms with Gasteiger partial charge < -0.3 is 10.1 Å². The molecule has 2 aromatic rings. The second kappa shape index (κ2) is 6.29. The second-order valence-corrected chi connectivity index (χ2v) is 4.55. The number of benzene rings is 1. The predicted molar refractivity (Wildman–Crippen MR) is 75.4 cm³/mol. The normalized spacial score (nSPS) is 10.5. The molecule has 0 aliphatic carbocycles. The minimum Gasteiger partial charge on any atom is -0.437 e. The monoisotopic (exact) mass is 257 g/mol. The van der Waals surface area contributed by atoms with E-state index in [1.807, 2.05) is 26.0 Å². The Morgan fingerprint density at radius 1 is 1.11 bits per heavy atom. The Labute approximate surface area is 113 Å². The Bertz CT molecular complexity index is 535. The van der Waals surface area contributed by atoms with Gasteiger partial charge in [-0.1, -0.05) is 13.0 Å². The molecule has 0 fully saturated rings. The van der Waals surface area contributed by atoms with Gasteiger partial charge in [0.05, 0.1) is 11.9 Å². The van der Waals surface area contributed by atoms with E-state index in [1.54, 1.807) is 12.4 Å². The molecule has 100 valence electrons. The van der Waals surface area contributed by atoms with Crippen molar-refractivity contribution in [2.24, 2.45) is 0 Å². The number of hydrogen-bond acceptors (Lipinski definition) is 4. The summed E-state index contributed by atoms with van der Waals surface area (Å²) >= 11 is 0. The van der Waals surface area contributed by atoms with E-state index in [0.717, 1.165) is 18.0 Å². The second-order valence-electron chi connectivity index (χ2n) is 4.55. The third-order valence-electron chi connectivity index (χ3n) is 2.64. The highest BCUT2D eigenvalue weighted by Crippen LogP contribution is 2.21. The van der Waals surface area contributed by atoms with Gasteiger partial charge in [-0.25, -0.2) is 4.98 Å². The number of ether oxygens (including phenoxy) is 1. The maximum absolute atomic E-state index is 5.76. The molecule has 2 rings (SSSR count). The van der Waals surface area contributed by atoms with Crippen LogP contribution in [0.1, 0.15) is 23.7 Å². The van der Waals surface area contributed by atoms with E-state index in [9.17, 15) is 0 Å². The van der Waals surface area contributed by atoms with Crippen LogP contribution in [-0.2, 0) is 6.54 Å². The molecule has 1 aromatic heterocycles. The van der Waals surface area contributed by atoms with E-state index in [2.05, 4.69) is 28.3 Å². The average Bonchev–Trinajstić information content (AvgIpc) is 2.35. The highest BCUT2D eigenvalue weighted by atomic mass is 16.5. The van der Waals surface area contributed by atoms with Gasteiger partial charge in [0, 0.05) is 12.7 Å². The third kappa shape index (κ3) is 4.03. The van der Waals surface area contributed by atoms with E-state index in [4.69, 9.17) is 4.74 Å². The topological polar surface area (TPSA) is 47.0 Å². The molecule has 0 amide bonds.